The molecule has 2 rings (SSSR count). The predicted molar refractivity (Wildman–Crippen MR) is 86.4 cm³/mol. The highest BCUT2D eigenvalue weighted by Gasteiger charge is 2.10. The molecule has 0 aliphatic rings. The third-order valence-corrected chi connectivity index (χ3v) is 4.05. The second kappa shape index (κ2) is 5.95. The minimum Gasteiger partial charge on any atom is -0.294 e. The topological polar surface area (TPSA) is 17.1 Å². The van der Waals surface area contributed by atoms with Crippen LogP contribution in [0.15, 0.2) is 48.5 Å². The van der Waals surface area contributed by atoms with Gasteiger partial charge in [-0.15, -0.1) is 0 Å². The summed E-state index contributed by atoms with van der Waals surface area (Å²) in [5.74, 6) is 0.180. The minimum atomic E-state index is 0.180. The van der Waals surface area contributed by atoms with Gasteiger partial charge in [-0.25, -0.2) is 0 Å². The molecular formula is C14H10I2O. The maximum absolute atomic E-state index is 12.2. The summed E-state index contributed by atoms with van der Waals surface area (Å²) in [5.41, 5.74) is 1.88. The lowest BCUT2D eigenvalue weighted by atomic mass is 10.0. The highest BCUT2D eigenvalue weighted by Crippen LogP contribution is 2.18. The van der Waals surface area contributed by atoms with Crippen molar-refractivity contribution in [2.24, 2.45) is 0 Å². The zero-order chi connectivity index (χ0) is 12.3. The van der Waals surface area contributed by atoms with Crippen LogP contribution < -0.4 is 0 Å². The number of carbonyl (C=O) groups is 1. The van der Waals surface area contributed by atoms with Gasteiger partial charge in [0, 0.05) is 19.1 Å². The zero-order valence-electron chi connectivity index (χ0n) is 8.99. The third-order valence-electron chi connectivity index (χ3n) is 2.44. The molecule has 0 fully saturated rings. The molecule has 0 spiro atoms. The van der Waals surface area contributed by atoms with Crippen LogP contribution in [0, 0.1) is 7.14 Å². The Hall–Kier alpha value is -0.430. The molecule has 0 amide bonds. The molecule has 0 saturated carbocycles. The normalized spacial score (nSPS) is 10.2. The van der Waals surface area contributed by atoms with E-state index in [2.05, 4.69) is 45.2 Å². The van der Waals surface area contributed by atoms with Crippen LogP contribution in [0.25, 0.3) is 0 Å². The monoisotopic (exact) mass is 448 g/mol. The van der Waals surface area contributed by atoms with Crippen LogP contribution in [-0.2, 0) is 6.42 Å². The van der Waals surface area contributed by atoms with Crippen LogP contribution in [-0.4, -0.2) is 5.78 Å². The molecule has 2 aromatic rings. The number of rotatable bonds is 3. The molecule has 3 heteroatoms. The van der Waals surface area contributed by atoms with Gasteiger partial charge in [-0.3, -0.25) is 4.79 Å². The van der Waals surface area contributed by atoms with Crippen molar-refractivity contribution in [2.45, 2.75) is 6.42 Å². The van der Waals surface area contributed by atoms with E-state index in [-0.39, 0.29) is 5.78 Å². The van der Waals surface area contributed by atoms with Crippen molar-refractivity contribution in [1.82, 2.24) is 0 Å². The number of hydrogen-bond donors (Lipinski definition) is 0. The minimum absolute atomic E-state index is 0.180. The number of Topliss-reactive ketones (excluding diaryl/α,β-unsaturated/α-hetero) is 1. The van der Waals surface area contributed by atoms with Crippen LogP contribution in [0.5, 0.6) is 0 Å². The van der Waals surface area contributed by atoms with Crippen molar-refractivity contribution < 1.29 is 4.79 Å². The summed E-state index contributed by atoms with van der Waals surface area (Å²) in [6, 6.07) is 15.8. The number of ketones is 1. The first-order valence-electron chi connectivity index (χ1n) is 5.19. The number of carbonyl (C=O) groups excluding carboxylic acids is 1. The van der Waals surface area contributed by atoms with Crippen LogP contribution >= 0.6 is 45.2 Å². The Bertz CT molecular complexity index is 535. The lowest BCUT2D eigenvalue weighted by Crippen LogP contribution is -2.06. The van der Waals surface area contributed by atoms with Gasteiger partial charge in [0.15, 0.2) is 5.78 Å². The van der Waals surface area contributed by atoms with Crippen molar-refractivity contribution in [3.05, 3.63) is 66.8 Å². The smallest absolute Gasteiger partial charge is 0.168 e. The molecule has 0 unspecified atom stereocenters. The average molecular weight is 448 g/mol. The Kier molecular flexibility index (Phi) is 4.55. The van der Waals surface area contributed by atoms with Gasteiger partial charge in [0.05, 0.1) is 0 Å². The van der Waals surface area contributed by atoms with E-state index in [1.807, 2.05) is 48.5 Å². The van der Waals surface area contributed by atoms with Crippen LogP contribution in [0.2, 0.25) is 0 Å². The van der Waals surface area contributed by atoms with Gasteiger partial charge in [-0.1, -0.05) is 30.3 Å². The molecule has 0 heterocycles. The summed E-state index contributed by atoms with van der Waals surface area (Å²) in [4.78, 5) is 12.2. The molecule has 0 N–H and O–H groups in total. The van der Waals surface area contributed by atoms with Crippen LogP contribution in [0.4, 0.5) is 0 Å². The Morgan fingerprint density at radius 1 is 1.00 bits per heavy atom. The van der Waals surface area contributed by atoms with E-state index in [1.165, 1.54) is 0 Å². The summed E-state index contributed by atoms with van der Waals surface area (Å²) < 4.78 is 2.11. The molecule has 1 nitrogen and oxygen atoms in total. The molecule has 17 heavy (non-hydrogen) atoms. The highest BCUT2D eigenvalue weighted by atomic mass is 127. The fourth-order valence-corrected chi connectivity index (χ4v) is 2.72. The van der Waals surface area contributed by atoms with Crippen molar-refractivity contribution in [1.29, 1.82) is 0 Å². The zero-order valence-corrected chi connectivity index (χ0v) is 13.3. The first-order chi connectivity index (χ1) is 8.16. The van der Waals surface area contributed by atoms with Crippen LogP contribution in [0.1, 0.15) is 15.9 Å². The molecule has 0 aliphatic heterocycles. The van der Waals surface area contributed by atoms with Gasteiger partial charge in [-0.05, 0) is 68.9 Å². The van der Waals surface area contributed by atoms with Crippen LogP contribution in [0.3, 0.4) is 0 Å². The molecule has 0 saturated heterocycles. The van der Waals surface area contributed by atoms with E-state index < -0.39 is 0 Å². The molecule has 86 valence electrons. The maximum Gasteiger partial charge on any atom is 0.168 e. The Morgan fingerprint density at radius 3 is 2.41 bits per heavy atom. The lowest BCUT2D eigenvalue weighted by molar-refractivity contribution is 0.0992. The molecule has 0 atom stereocenters. The SMILES string of the molecule is O=C(Cc1ccccc1)c1cc(I)ccc1I. The number of benzene rings is 2. The maximum atomic E-state index is 12.2. The van der Waals surface area contributed by atoms with Crippen molar-refractivity contribution >= 4 is 51.0 Å². The molecule has 2 aromatic carbocycles. The Balaban J connectivity index is 2.23. The fraction of sp³-hybridized carbons (Fsp3) is 0.0714. The van der Waals surface area contributed by atoms with E-state index in [9.17, 15) is 4.79 Å². The van der Waals surface area contributed by atoms with Gasteiger partial charge in [-0.2, -0.15) is 0 Å². The molecule has 0 aromatic heterocycles. The molecule has 0 aliphatic carbocycles. The summed E-state index contributed by atoms with van der Waals surface area (Å²) in [5, 5.41) is 0. The van der Waals surface area contributed by atoms with E-state index in [0.29, 0.717) is 6.42 Å². The lowest BCUT2D eigenvalue weighted by Gasteiger charge is -2.04. The van der Waals surface area contributed by atoms with E-state index in [1.54, 1.807) is 0 Å². The van der Waals surface area contributed by atoms with Gasteiger partial charge in [0.25, 0.3) is 0 Å². The first-order valence-corrected chi connectivity index (χ1v) is 7.35. The van der Waals surface area contributed by atoms with Gasteiger partial charge >= 0.3 is 0 Å². The molecule has 0 radical (unpaired) electrons. The standard InChI is InChI=1S/C14H10I2O/c15-11-6-7-13(16)12(9-11)14(17)8-10-4-2-1-3-5-10/h1-7,9H,8H2. The highest BCUT2D eigenvalue weighted by molar-refractivity contribution is 14.1. The van der Waals surface area contributed by atoms with Crippen molar-refractivity contribution in [3.8, 4) is 0 Å². The van der Waals surface area contributed by atoms with E-state index >= 15 is 0 Å². The summed E-state index contributed by atoms with van der Waals surface area (Å²) in [6.45, 7) is 0. The molecular weight excluding hydrogens is 438 g/mol. The second-order valence-electron chi connectivity index (χ2n) is 3.71. The third kappa shape index (κ3) is 3.51. The van der Waals surface area contributed by atoms with Gasteiger partial charge in [0.1, 0.15) is 0 Å². The Morgan fingerprint density at radius 2 is 1.71 bits per heavy atom. The fourth-order valence-electron chi connectivity index (χ4n) is 1.59. The first kappa shape index (κ1) is 13.0. The average Bonchev–Trinajstić information content (AvgIpc) is 2.33. The van der Waals surface area contributed by atoms with E-state index in [4.69, 9.17) is 0 Å². The molecule has 0 bridgehead atoms. The van der Waals surface area contributed by atoms with Crippen molar-refractivity contribution in [3.63, 3.8) is 0 Å². The predicted octanol–water partition coefficient (Wildman–Crippen LogP) is 4.32. The van der Waals surface area contributed by atoms with Gasteiger partial charge in [0.2, 0.25) is 0 Å². The summed E-state index contributed by atoms with van der Waals surface area (Å²) >= 11 is 4.44. The van der Waals surface area contributed by atoms with E-state index in [0.717, 1.165) is 18.3 Å². The summed E-state index contributed by atoms with van der Waals surface area (Å²) in [7, 11) is 0. The van der Waals surface area contributed by atoms with Crippen molar-refractivity contribution in [2.75, 3.05) is 0 Å². The summed E-state index contributed by atoms with van der Waals surface area (Å²) in [6.07, 6.45) is 0.469. The second-order valence-corrected chi connectivity index (χ2v) is 6.12. The largest absolute Gasteiger partial charge is 0.294 e. The quantitative estimate of drug-likeness (QED) is 0.505. The Labute approximate surface area is 128 Å². The number of hydrogen-bond acceptors (Lipinski definition) is 1. The van der Waals surface area contributed by atoms with Gasteiger partial charge < -0.3 is 0 Å². The number of halogens is 2.